The highest BCUT2D eigenvalue weighted by atomic mass is 127. The lowest BCUT2D eigenvalue weighted by molar-refractivity contribution is -0.134. The van der Waals surface area contributed by atoms with Gasteiger partial charge in [0.1, 0.15) is 0 Å². The van der Waals surface area contributed by atoms with E-state index in [0.29, 0.717) is 19.0 Å². The lowest BCUT2D eigenvalue weighted by atomic mass is 10.1. The summed E-state index contributed by atoms with van der Waals surface area (Å²) in [5.74, 6) is 1.84. The van der Waals surface area contributed by atoms with Crippen molar-refractivity contribution in [2.45, 2.75) is 38.1 Å². The number of hydrogen-bond acceptors (Lipinski definition) is 5. The van der Waals surface area contributed by atoms with Gasteiger partial charge in [0, 0.05) is 58.3 Å². The van der Waals surface area contributed by atoms with Crippen molar-refractivity contribution in [3.63, 3.8) is 0 Å². The molecule has 28 heavy (non-hydrogen) atoms. The fourth-order valence-electron chi connectivity index (χ4n) is 4.20. The number of nitrogens with zero attached hydrogens (tertiary/aromatic N) is 3. The molecule has 0 aromatic carbocycles. The van der Waals surface area contributed by atoms with Gasteiger partial charge >= 0.3 is 0 Å². The van der Waals surface area contributed by atoms with Crippen molar-refractivity contribution in [2.24, 2.45) is 10.9 Å². The number of carbonyl (C=O) groups excluding carboxylic acids is 1. The highest BCUT2D eigenvalue weighted by Crippen LogP contribution is 2.27. The molecule has 2 aliphatic heterocycles. The first-order chi connectivity index (χ1) is 13.0. The number of carbonyl (C=O) groups is 1. The number of likely N-dealkylation sites (tertiary alicyclic amines) is 1. The number of sulfone groups is 1. The molecule has 2 heterocycles. The first kappa shape index (κ1) is 23.7. The number of halogens is 1. The summed E-state index contributed by atoms with van der Waals surface area (Å²) in [7, 11) is -1.08. The molecule has 3 fully saturated rings. The molecule has 0 radical (unpaired) electrons. The van der Waals surface area contributed by atoms with Gasteiger partial charge in [0.2, 0.25) is 5.91 Å². The summed E-state index contributed by atoms with van der Waals surface area (Å²) < 4.78 is 23.0. The largest absolute Gasteiger partial charge is 0.355 e. The van der Waals surface area contributed by atoms with Crippen molar-refractivity contribution in [1.82, 2.24) is 20.4 Å². The van der Waals surface area contributed by atoms with Crippen LogP contribution in [0.1, 0.15) is 32.1 Å². The first-order valence-electron chi connectivity index (χ1n) is 10.2. The third kappa shape index (κ3) is 6.72. The molecule has 1 saturated carbocycles. The summed E-state index contributed by atoms with van der Waals surface area (Å²) in [5.41, 5.74) is 0. The minimum absolute atomic E-state index is 0. The SMILES string of the molecule is CN=C(NCCN1CCS(=O)(=O)CC1)NC1CCN(C(=O)C2CCCC2)C1.I. The number of rotatable bonds is 5. The van der Waals surface area contributed by atoms with Crippen molar-refractivity contribution in [2.75, 3.05) is 57.8 Å². The number of nitrogens with one attached hydrogen (secondary N) is 2. The number of amides is 1. The minimum atomic E-state index is -2.83. The number of aliphatic imine (C=N–C) groups is 1. The van der Waals surface area contributed by atoms with Crippen LogP contribution in [0.25, 0.3) is 0 Å². The van der Waals surface area contributed by atoms with E-state index in [1.165, 1.54) is 12.8 Å². The summed E-state index contributed by atoms with van der Waals surface area (Å²) in [6.45, 7) is 4.31. The second-order valence-corrected chi connectivity index (χ2v) is 10.2. The van der Waals surface area contributed by atoms with Crippen LogP contribution >= 0.6 is 24.0 Å². The summed E-state index contributed by atoms with van der Waals surface area (Å²) in [6, 6.07) is 0.238. The fraction of sp³-hybridized carbons (Fsp3) is 0.889. The van der Waals surface area contributed by atoms with Gasteiger partial charge in [-0.25, -0.2) is 8.42 Å². The molecule has 1 aliphatic carbocycles. The molecular weight excluding hydrogens is 493 g/mol. The second kappa shape index (κ2) is 11.0. The summed E-state index contributed by atoms with van der Waals surface area (Å²) >= 11 is 0. The van der Waals surface area contributed by atoms with Gasteiger partial charge in [0.25, 0.3) is 0 Å². The third-order valence-electron chi connectivity index (χ3n) is 5.93. The van der Waals surface area contributed by atoms with Gasteiger partial charge < -0.3 is 15.5 Å². The zero-order valence-corrected chi connectivity index (χ0v) is 19.9. The molecular formula is C18H34IN5O3S. The Kier molecular flexibility index (Phi) is 9.26. The Morgan fingerprint density at radius 3 is 2.43 bits per heavy atom. The highest BCUT2D eigenvalue weighted by molar-refractivity contribution is 14.0. The molecule has 0 aromatic rings. The Morgan fingerprint density at radius 1 is 1.11 bits per heavy atom. The second-order valence-electron chi connectivity index (χ2n) is 7.89. The van der Waals surface area contributed by atoms with E-state index in [9.17, 15) is 13.2 Å². The van der Waals surface area contributed by atoms with Crippen molar-refractivity contribution in [1.29, 1.82) is 0 Å². The topological polar surface area (TPSA) is 94.1 Å². The molecule has 1 unspecified atom stereocenters. The van der Waals surface area contributed by atoms with Crippen LogP contribution in [0.3, 0.4) is 0 Å². The van der Waals surface area contributed by atoms with Gasteiger partial charge in [-0.05, 0) is 19.3 Å². The maximum Gasteiger partial charge on any atom is 0.225 e. The maximum absolute atomic E-state index is 12.5. The summed E-state index contributed by atoms with van der Waals surface area (Å²) in [4.78, 5) is 21.0. The van der Waals surface area contributed by atoms with E-state index in [-0.39, 0.29) is 47.4 Å². The predicted molar refractivity (Wildman–Crippen MR) is 122 cm³/mol. The van der Waals surface area contributed by atoms with E-state index in [1.807, 2.05) is 4.90 Å². The third-order valence-corrected chi connectivity index (χ3v) is 7.54. The number of hydrogen-bond donors (Lipinski definition) is 2. The molecule has 1 amide bonds. The lowest BCUT2D eigenvalue weighted by Gasteiger charge is -2.27. The first-order valence-corrected chi connectivity index (χ1v) is 12.0. The molecule has 3 aliphatic rings. The van der Waals surface area contributed by atoms with Crippen LogP contribution in [-0.2, 0) is 14.6 Å². The van der Waals surface area contributed by atoms with Crippen LogP contribution in [0.15, 0.2) is 4.99 Å². The summed E-state index contributed by atoms with van der Waals surface area (Å²) in [5, 5.41) is 6.73. The van der Waals surface area contributed by atoms with Crippen LogP contribution in [0.4, 0.5) is 0 Å². The van der Waals surface area contributed by atoms with E-state index in [4.69, 9.17) is 0 Å². The van der Waals surface area contributed by atoms with E-state index in [0.717, 1.165) is 51.4 Å². The predicted octanol–water partition coefficient (Wildman–Crippen LogP) is 0.291. The summed E-state index contributed by atoms with van der Waals surface area (Å²) in [6.07, 6.45) is 5.42. The van der Waals surface area contributed by atoms with Gasteiger partial charge in [0.05, 0.1) is 11.5 Å². The molecule has 10 heteroatoms. The van der Waals surface area contributed by atoms with Crippen molar-refractivity contribution < 1.29 is 13.2 Å². The molecule has 2 saturated heterocycles. The lowest BCUT2D eigenvalue weighted by Crippen LogP contribution is -2.48. The molecule has 0 bridgehead atoms. The molecule has 1 atom stereocenters. The van der Waals surface area contributed by atoms with Gasteiger partial charge in [-0.15, -0.1) is 24.0 Å². The van der Waals surface area contributed by atoms with Crippen LogP contribution < -0.4 is 10.6 Å². The Hall–Kier alpha value is -0.620. The Bertz CT molecular complexity index is 638. The molecule has 0 spiro atoms. The van der Waals surface area contributed by atoms with Crippen LogP contribution in [0.2, 0.25) is 0 Å². The average molecular weight is 527 g/mol. The molecule has 162 valence electrons. The molecule has 0 aromatic heterocycles. The van der Waals surface area contributed by atoms with Crippen molar-refractivity contribution >= 4 is 45.7 Å². The molecule has 2 N–H and O–H groups in total. The highest BCUT2D eigenvalue weighted by Gasteiger charge is 2.32. The van der Waals surface area contributed by atoms with Crippen LogP contribution in [0.5, 0.6) is 0 Å². The quantitative estimate of drug-likeness (QED) is 0.304. The minimum Gasteiger partial charge on any atom is -0.355 e. The van der Waals surface area contributed by atoms with Crippen molar-refractivity contribution in [3.8, 4) is 0 Å². The fourth-order valence-corrected chi connectivity index (χ4v) is 5.48. The average Bonchev–Trinajstić information content (AvgIpc) is 3.33. The van der Waals surface area contributed by atoms with Crippen LogP contribution in [-0.4, -0.2) is 93.9 Å². The van der Waals surface area contributed by atoms with E-state index in [1.54, 1.807) is 7.05 Å². The van der Waals surface area contributed by atoms with E-state index >= 15 is 0 Å². The Labute approximate surface area is 185 Å². The normalized spacial score (nSPS) is 26.1. The maximum atomic E-state index is 12.5. The smallest absolute Gasteiger partial charge is 0.225 e. The van der Waals surface area contributed by atoms with Gasteiger partial charge in [-0.1, -0.05) is 12.8 Å². The van der Waals surface area contributed by atoms with Gasteiger partial charge in [-0.2, -0.15) is 0 Å². The number of guanidine groups is 1. The molecule has 8 nitrogen and oxygen atoms in total. The van der Waals surface area contributed by atoms with Gasteiger partial charge in [-0.3, -0.25) is 14.7 Å². The van der Waals surface area contributed by atoms with Crippen LogP contribution in [0, 0.1) is 5.92 Å². The zero-order valence-electron chi connectivity index (χ0n) is 16.7. The molecule has 3 rings (SSSR count). The zero-order chi connectivity index (χ0) is 19.3. The Balaban J connectivity index is 0.00000280. The van der Waals surface area contributed by atoms with Gasteiger partial charge in [0.15, 0.2) is 15.8 Å². The Morgan fingerprint density at radius 2 is 1.79 bits per heavy atom. The van der Waals surface area contributed by atoms with Crippen molar-refractivity contribution in [3.05, 3.63) is 0 Å². The van der Waals surface area contributed by atoms with E-state index < -0.39 is 9.84 Å². The monoisotopic (exact) mass is 527 g/mol. The standard InChI is InChI=1S/C18H33N5O3S.HI/c1-19-18(20-7-9-22-10-12-27(25,26)13-11-22)21-16-6-8-23(14-16)17(24)15-4-2-3-5-15;/h15-16H,2-14H2,1H3,(H2,19,20,21);1H. The van der Waals surface area contributed by atoms with E-state index in [2.05, 4.69) is 20.5 Å².